The molecule has 0 spiro atoms. The molecule has 0 unspecified atom stereocenters. The van der Waals surface area contributed by atoms with Crippen LogP contribution in [-0.4, -0.2) is 46.2 Å². The van der Waals surface area contributed by atoms with E-state index in [1.165, 1.54) is 12.1 Å². The van der Waals surface area contributed by atoms with E-state index in [9.17, 15) is 13.2 Å². The van der Waals surface area contributed by atoms with E-state index in [0.717, 1.165) is 18.0 Å². The van der Waals surface area contributed by atoms with Crippen molar-refractivity contribution in [2.45, 2.75) is 31.0 Å². The molecule has 1 fully saturated rings. The van der Waals surface area contributed by atoms with Crippen LogP contribution in [0.3, 0.4) is 0 Å². The van der Waals surface area contributed by atoms with Gasteiger partial charge >= 0.3 is 0 Å². The third-order valence-corrected chi connectivity index (χ3v) is 4.38. The molecule has 22 heavy (non-hydrogen) atoms. The maximum absolute atomic E-state index is 12.1. The first-order chi connectivity index (χ1) is 10.2. The van der Waals surface area contributed by atoms with Crippen LogP contribution in [0.2, 0.25) is 0 Å². The number of amides is 1. The summed E-state index contributed by atoms with van der Waals surface area (Å²) in [5.41, 5.74) is 0.422. The summed E-state index contributed by atoms with van der Waals surface area (Å²) in [6.45, 7) is 5.84. The maximum atomic E-state index is 12.1. The molecule has 0 bridgehead atoms. The Kier molecular flexibility index (Phi) is 5.17. The summed E-state index contributed by atoms with van der Waals surface area (Å²) in [7, 11) is -3.78. The molecule has 4 N–H and O–H groups in total. The Morgan fingerprint density at radius 1 is 1.36 bits per heavy atom. The van der Waals surface area contributed by atoms with Gasteiger partial charge in [0.2, 0.25) is 10.0 Å². The highest BCUT2D eigenvalue weighted by molar-refractivity contribution is 7.89. The predicted octanol–water partition coefficient (Wildman–Crippen LogP) is -1.04. The summed E-state index contributed by atoms with van der Waals surface area (Å²) >= 11 is 0. The molecule has 7 nitrogen and oxygen atoms in total. The fourth-order valence-corrected chi connectivity index (χ4v) is 3.28. The second-order valence-corrected chi connectivity index (χ2v) is 7.27. The van der Waals surface area contributed by atoms with Crippen molar-refractivity contribution in [3.63, 3.8) is 0 Å². The van der Waals surface area contributed by atoms with Crippen molar-refractivity contribution in [3.8, 4) is 0 Å². The minimum absolute atomic E-state index is 0.0220. The van der Waals surface area contributed by atoms with Gasteiger partial charge in [0.15, 0.2) is 6.54 Å². The van der Waals surface area contributed by atoms with E-state index in [2.05, 4.69) is 5.32 Å². The van der Waals surface area contributed by atoms with Crippen LogP contribution in [0.15, 0.2) is 29.2 Å². The molecule has 0 saturated carbocycles. The van der Waals surface area contributed by atoms with E-state index in [0.29, 0.717) is 12.2 Å². The number of primary sulfonamides is 1. The number of sulfonamides is 1. The number of nitrogens with one attached hydrogen (secondary N) is 2. The predicted molar refractivity (Wildman–Crippen MR) is 82.0 cm³/mol. The summed E-state index contributed by atoms with van der Waals surface area (Å²) in [6.07, 6.45) is 0.245. The van der Waals surface area contributed by atoms with Gasteiger partial charge in [-0.25, -0.2) is 13.6 Å². The number of morpholine rings is 1. The molecular weight excluding hydrogens is 306 g/mol. The Hall–Kier alpha value is -1.48. The van der Waals surface area contributed by atoms with Crippen molar-refractivity contribution in [3.05, 3.63) is 24.3 Å². The molecule has 8 heteroatoms. The average Bonchev–Trinajstić information content (AvgIpc) is 2.36. The number of quaternary nitrogens is 1. The summed E-state index contributed by atoms with van der Waals surface area (Å²) < 4.78 is 28.3. The van der Waals surface area contributed by atoms with Gasteiger partial charge in [-0.05, 0) is 32.0 Å². The monoisotopic (exact) mass is 328 g/mol. The van der Waals surface area contributed by atoms with Gasteiger partial charge in [0.25, 0.3) is 5.91 Å². The lowest BCUT2D eigenvalue weighted by Crippen LogP contribution is -3.16. The highest BCUT2D eigenvalue weighted by atomic mass is 32.2. The van der Waals surface area contributed by atoms with Gasteiger partial charge in [-0.3, -0.25) is 4.79 Å². The normalized spacial score (nSPS) is 25.7. The highest BCUT2D eigenvalue weighted by Gasteiger charge is 2.27. The second kappa shape index (κ2) is 6.74. The van der Waals surface area contributed by atoms with Gasteiger partial charge in [0.1, 0.15) is 25.3 Å². The minimum atomic E-state index is -3.78. The van der Waals surface area contributed by atoms with Crippen LogP contribution < -0.4 is 15.4 Å². The number of carbonyl (C=O) groups excluding carboxylic acids is 1. The Bertz CT molecular complexity index is 637. The van der Waals surface area contributed by atoms with Crippen LogP contribution in [-0.2, 0) is 19.6 Å². The van der Waals surface area contributed by atoms with Gasteiger partial charge in [0, 0.05) is 5.69 Å². The van der Waals surface area contributed by atoms with Crippen LogP contribution in [0.4, 0.5) is 5.69 Å². The highest BCUT2D eigenvalue weighted by Crippen LogP contribution is 2.13. The zero-order chi connectivity index (χ0) is 16.3. The molecule has 0 aliphatic carbocycles. The Morgan fingerprint density at radius 2 is 2.00 bits per heavy atom. The van der Waals surface area contributed by atoms with E-state index >= 15 is 0 Å². The largest absolute Gasteiger partial charge is 0.364 e. The number of anilines is 1. The third kappa shape index (κ3) is 4.77. The number of benzene rings is 1. The Morgan fingerprint density at radius 3 is 2.59 bits per heavy atom. The quantitative estimate of drug-likeness (QED) is 0.657. The van der Waals surface area contributed by atoms with E-state index in [1.54, 1.807) is 12.1 Å². The van der Waals surface area contributed by atoms with Crippen LogP contribution in [0, 0.1) is 0 Å². The molecule has 2 atom stereocenters. The summed E-state index contributed by atoms with van der Waals surface area (Å²) in [4.78, 5) is 13.2. The van der Waals surface area contributed by atoms with Crippen LogP contribution in [0.5, 0.6) is 0 Å². The third-order valence-electron chi connectivity index (χ3n) is 3.47. The van der Waals surface area contributed by atoms with Crippen LogP contribution >= 0.6 is 0 Å². The standard InChI is InChI=1S/C14H21N3O4S/c1-10-7-17(8-11(2)21-10)9-14(18)16-12-4-3-5-13(6-12)22(15,19)20/h3-6,10-11H,7-9H2,1-2H3,(H,16,18)(H2,15,19,20)/p+1/t10-,11-/m1/s1. The lowest BCUT2D eigenvalue weighted by Gasteiger charge is -2.31. The summed E-state index contributed by atoms with van der Waals surface area (Å²) in [6, 6.07) is 5.92. The van der Waals surface area contributed by atoms with Gasteiger partial charge in [-0.1, -0.05) is 6.07 Å². The van der Waals surface area contributed by atoms with E-state index in [-0.39, 0.29) is 23.0 Å². The van der Waals surface area contributed by atoms with Crippen LogP contribution in [0.25, 0.3) is 0 Å². The van der Waals surface area contributed by atoms with Crippen molar-refractivity contribution in [1.29, 1.82) is 0 Å². The van der Waals surface area contributed by atoms with E-state index < -0.39 is 10.0 Å². The minimum Gasteiger partial charge on any atom is -0.364 e. The molecule has 1 saturated heterocycles. The SMILES string of the molecule is C[C@@H]1C[NH+](CC(=O)Nc2cccc(S(N)(=O)=O)c2)C[C@@H](C)O1. The van der Waals surface area contributed by atoms with Crippen molar-refractivity contribution in [1.82, 2.24) is 0 Å². The molecule has 0 radical (unpaired) electrons. The molecular formula is C14H22N3O4S+. The number of hydrogen-bond acceptors (Lipinski definition) is 4. The first-order valence-corrected chi connectivity index (χ1v) is 8.70. The van der Waals surface area contributed by atoms with Crippen molar-refractivity contribution < 1.29 is 22.8 Å². The first-order valence-electron chi connectivity index (χ1n) is 7.16. The molecule has 1 heterocycles. The molecule has 122 valence electrons. The molecule has 1 amide bonds. The Balaban J connectivity index is 1.97. The molecule has 2 rings (SSSR count). The average molecular weight is 328 g/mol. The van der Waals surface area contributed by atoms with Crippen LogP contribution in [0.1, 0.15) is 13.8 Å². The molecule has 1 aromatic carbocycles. The lowest BCUT2D eigenvalue weighted by molar-refractivity contribution is -0.907. The zero-order valence-electron chi connectivity index (χ0n) is 12.7. The number of nitrogens with two attached hydrogens (primary N) is 1. The first kappa shape index (κ1) is 16.9. The van der Waals surface area contributed by atoms with E-state index in [4.69, 9.17) is 9.88 Å². The van der Waals surface area contributed by atoms with Crippen molar-refractivity contribution in [2.75, 3.05) is 25.0 Å². The van der Waals surface area contributed by atoms with Gasteiger partial charge in [-0.15, -0.1) is 0 Å². The number of hydrogen-bond donors (Lipinski definition) is 3. The molecule has 1 aliphatic heterocycles. The molecule has 1 aliphatic rings. The molecule has 1 aromatic rings. The number of rotatable bonds is 4. The lowest BCUT2D eigenvalue weighted by atomic mass is 10.2. The Labute approximate surface area is 130 Å². The van der Waals surface area contributed by atoms with Gasteiger partial charge in [-0.2, -0.15) is 0 Å². The second-order valence-electron chi connectivity index (χ2n) is 5.71. The smallest absolute Gasteiger partial charge is 0.279 e. The van der Waals surface area contributed by atoms with Gasteiger partial charge in [0.05, 0.1) is 4.90 Å². The topological polar surface area (TPSA) is 103 Å². The van der Waals surface area contributed by atoms with Crippen molar-refractivity contribution >= 4 is 21.6 Å². The van der Waals surface area contributed by atoms with Crippen molar-refractivity contribution in [2.24, 2.45) is 5.14 Å². The van der Waals surface area contributed by atoms with Gasteiger partial charge < -0.3 is 15.0 Å². The fourth-order valence-electron chi connectivity index (χ4n) is 2.72. The van der Waals surface area contributed by atoms with E-state index in [1.807, 2.05) is 13.8 Å². The fraction of sp³-hybridized carbons (Fsp3) is 0.500. The number of carbonyl (C=O) groups is 1. The zero-order valence-corrected chi connectivity index (χ0v) is 13.5. The summed E-state index contributed by atoms with van der Waals surface area (Å²) in [5, 5.41) is 7.79. The summed E-state index contributed by atoms with van der Waals surface area (Å²) in [5.74, 6) is -0.164. The number of ether oxygens (including phenoxy) is 1. The maximum Gasteiger partial charge on any atom is 0.279 e. The molecule has 0 aromatic heterocycles.